The molecule has 1 aromatic heterocycles. The van der Waals surface area contributed by atoms with Gasteiger partial charge in [0.05, 0.1) is 7.11 Å². The minimum atomic E-state index is -0.339. The summed E-state index contributed by atoms with van der Waals surface area (Å²) in [5, 5.41) is 7.02. The van der Waals surface area contributed by atoms with Crippen molar-refractivity contribution in [3.05, 3.63) is 95.9 Å². The van der Waals surface area contributed by atoms with Crippen molar-refractivity contribution in [2.24, 2.45) is 4.99 Å². The Hall–Kier alpha value is -4.13. The number of ether oxygens (including phenoxy) is 1. The molecule has 3 aromatic carbocycles. The van der Waals surface area contributed by atoms with Crippen molar-refractivity contribution in [2.75, 3.05) is 19.0 Å². The van der Waals surface area contributed by atoms with Crippen LogP contribution in [0, 0.1) is 5.82 Å². The highest BCUT2D eigenvalue weighted by atomic mass is 19.1. The van der Waals surface area contributed by atoms with E-state index in [1.165, 1.54) is 12.1 Å². The molecule has 3 N–H and O–H groups in total. The topological polar surface area (TPSA) is 78.5 Å². The minimum absolute atomic E-state index is 0.282. The second-order valence-electron chi connectivity index (χ2n) is 7.16. The van der Waals surface area contributed by atoms with Crippen LogP contribution in [0.3, 0.4) is 0 Å². The SMILES string of the molecule is COc1cccc(C(=O)NC(=NCCc2c[nH]c3ccccc23)Nc2ccc(F)cc2)c1. The third kappa shape index (κ3) is 5.13. The smallest absolute Gasteiger partial charge is 0.258 e. The summed E-state index contributed by atoms with van der Waals surface area (Å²) in [6.07, 6.45) is 2.66. The molecule has 4 aromatic rings. The Bertz CT molecular complexity index is 1250. The van der Waals surface area contributed by atoms with Crippen LogP contribution in [0.15, 0.2) is 84.0 Å². The van der Waals surface area contributed by atoms with Gasteiger partial charge in [0.2, 0.25) is 5.96 Å². The molecule has 7 heteroatoms. The van der Waals surface area contributed by atoms with Crippen LogP contribution in [-0.4, -0.2) is 30.5 Å². The maximum atomic E-state index is 13.3. The highest BCUT2D eigenvalue weighted by molar-refractivity contribution is 6.10. The zero-order chi connectivity index (χ0) is 22.3. The summed E-state index contributed by atoms with van der Waals surface area (Å²) in [5.74, 6) is 0.199. The fraction of sp³-hybridized carbons (Fsp3) is 0.120. The lowest BCUT2D eigenvalue weighted by Crippen LogP contribution is -2.36. The van der Waals surface area contributed by atoms with Gasteiger partial charge in [0, 0.05) is 34.9 Å². The molecular weight excluding hydrogens is 407 g/mol. The fourth-order valence-corrected chi connectivity index (χ4v) is 3.35. The Labute approximate surface area is 185 Å². The van der Waals surface area contributed by atoms with Crippen LogP contribution >= 0.6 is 0 Å². The predicted octanol–water partition coefficient (Wildman–Crippen LogP) is 4.76. The molecule has 0 saturated heterocycles. The van der Waals surface area contributed by atoms with Crippen LogP contribution in [0.2, 0.25) is 0 Å². The van der Waals surface area contributed by atoms with Crippen molar-refractivity contribution in [1.82, 2.24) is 10.3 Å². The lowest BCUT2D eigenvalue weighted by molar-refractivity contribution is 0.0976. The van der Waals surface area contributed by atoms with Gasteiger partial charge in [-0.25, -0.2) is 4.39 Å². The molecule has 162 valence electrons. The van der Waals surface area contributed by atoms with Gasteiger partial charge in [-0.2, -0.15) is 0 Å². The molecule has 0 atom stereocenters. The number of benzene rings is 3. The molecule has 6 nitrogen and oxygen atoms in total. The van der Waals surface area contributed by atoms with Crippen LogP contribution < -0.4 is 15.4 Å². The number of carbonyl (C=O) groups is 1. The molecule has 1 heterocycles. The highest BCUT2D eigenvalue weighted by Gasteiger charge is 2.11. The first kappa shape index (κ1) is 21.1. The number of nitrogens with zero attached hydrogens (tertiary/aromatic N) is 1. The average molecular weight is 430 g/mol. The van der Waals surface area contributed by atoms with Crippen molar-refractivity contribution in [3.8, 4) is 5.75 Å². The van der Waals surface area contributed by atoms with Gasteiger partial charge in [-0.15, -0.1) is 0 Å². The van der Waals surface area contributed by atoms with Gasteiger partial charge < -0.3 is 15.0 Å². The van der Waals surface area contributed by atoms with Crippen LogP contribution in [0.4, 0.5) is 10.1 Å². The molecule has 0 aliphatic carbocycles. The van der Waals surface area contributed by atoms with E-state index in [1.807, 2.05) is 24.4 Å². The molecule has 0 spiro atoms. The Morgan fingerprint density at radius 3 is 2.69 bits per heavy atom. The number of H-pyrrole nitrogens is 1. The van der Waals surface area contributed by atoms with E-state index in [0.717, 1.165) is 16.5 Å². The van der Waals surface area contributed by atoms with E-state index in [1.54, 1.807) is 43.5 Å². The zero-order valence-electron chi connectivity index (χ0n) is 17.6. The standard InChI is InChI=1S/C25H23FN4O2/c1-32-21-6-4-5-17(15-21)24(31)30-25(29-20-11-9-19(26)10-12-20)27-14-13-18-16-28-23-8-3-2-7-22(18)23/h2-12,15-16,28H,13-14H2,1H3,(H2,27,29,30,31). The maximum Gasteiger partial charge on any atom is 0.258 e. The molecule has 0 unspecified atom stereocenters. The third-order valence-corrected chi connectivity index (χ3v) is 5.00. The molecule has 0 saturated carbocycles. The lowest BCUT2D eigenvalue weighted by Gasteiger charge is -2.12. The van der Waals surface area contributed by atoms with E-state index in [0.29, 0.717) is 30.0 Å². The minimum Gasteiger partial charge on any atom is -0.497 e. The van der Waals surface area contributed by atoms with Crippen molar-refractivity contribution in [2.45, 2.75) is 6.42 Å². The van der Waals surface area contributed by atoms with Crippen LogP contribution in [0.1, 0.15) is 15.9 Å². The van der Waals surface area contributed by atoms with Crippen molar-refractivity contribution in [3.63, 3.8) is 0 Å². The number of halogens is 1. The molecule has 0 fully saturated rings. The third-order valence-electron chi connectivity index (χ3n) is 5.00. The highest BCUT2D eigenvalue weighted by Crippen LogP contribution is 2.18. The molecule has 0 aliphatic rings. The number of aromatic amines is 1. The monoisotopic (exact) mass is 430 g/mol. The summed E-state index contributed by atoms with van der Waals surface area (Å²) in [4.78, 5) is 20.6. The molecular formula is C25H23FN4O2. The quantitative estimate of drug-likeness (QED) is 0.305. The number of hydrogen-bond donors (Lipinski definition) is 3. The normalized spacial score (nSPS) is 11.4. The summed E-state index contributed by atoms with van der Waals surface area (Å²) in [6.45, 7) is 0.448. The number of rotatable bonds is 6. The number of guanidine groups is 1. The largest absolute Gasteiger partial charge is 0.497 e. The molecule has 32 heavy (non-hydrogen) atoms. The van der Waals surface area contributed by atoms with Crippen molar-refractivity contribution >= 4 is 28.5 Å². The number of fused-ring (bicyclic) bond motifs is 1. The molecule has 0 radical (unpaired) electrons. The first-order valence-electron chi connectivity index (χ1n) is 10.2. The number of anilines is 1. The number of amides is 1. The predicted molar refractivity (Wildman–Crippen MR) is 125 cm³/mol. The van der Waals surface area contributed by atoms with Gasteiger partial charge in [0.1, 0.15) is 11.6 Å². The average Bonchev–Trinajstić information content (AvgIpc) is 3.23. The number of methoxy groups -OCH3 is 1. The molecule has 4 rings (SSSR count). The molecule has 1 amide bonds. The first-order valence-corrected chi connectivity index (χ1v) is 10.2. The molecule has 0 aliphatic heterocycles. The van der Waals surface area contributed by atoms with Gasteiger partial charge in [-0.05, 0) is 60.5 Å². The summed E-state index contributed by atoms with van der Waals surface area (Å²) >= 11 is 0. The van der Waals surface area contributed by atoms with E-state index < -0.39 is 0 Å². The Morgan fingerprint density at radius 2 is 1.88 bits per heavy atom. The Kier molecular flexibility index (Phi) is 6.46. The summed E-state index contributed by atoms with van der Waals surface area (Å²) in [5.41, 5.74) is 3.27. The van der Waals surface area contributed by atoms with Crippen LogP contribution in [0.25, 0.3) is 10.9 Å². The van der Waals surface area contributed by atoms with Gasteiger partial charge >= 0.3 is 0 Å². The number of aromatic nitrogens is 1. The van der Waals surface area contributed by atoms with E-state index >= 15 is 0 Å². The summed E-state index contributed by atoms with van der Waals surface area (Å²) in [6, 6.07) is 20.8. The summed E-state index contributed by atoms with van der Waals surface area (Å²) < 4.78 is 18.5. The maximum absolute atomic E-state index is 13.3. The van der Waals surface area contributed by atoms with E-state index in [9.17, 15) is 9.18 Å². The number of hydrogen-bond acceptors (Lipinski definition) is 3. The lowest BCUT2D eigenvalue weighted by atomic mass is 10.1. The number of para-hydroxylation sites is 1. The summed E-state index contributed by atoms with van der Waals surface area (Å²) in [7, 11) is 1.55. The van der Waals surface area contributed by atoms with E-state index in [4.69, 9.17) is 4.74 Å². The Balaban J connectivity index is 1.52. The molecule has 0 bridgehead atoms. The first-order chi connectivity index (χ1) is 15.6. The zero-order valence-corrected chi connectivity index (χ0v) is 17.6. The second kappa shape index (κ2) is 9.78. The second-order valence-corrected chi connectivity index (χ2v) is 7.16. The van der Waals surface area contributed by atoms with Gasteiger partial charge in [0.15, 0.2) is 0 Å². The fourth-order valence-electron chi connectivity index (χ4n) is 3.35. The van der Waals surface area contributed by atoms with Gasteiger partial charge in [0.25, 0.3) is 5.91 Å². The van der Waals surface area contributed by atoms with Crippen molar-refractivity contribution in [1.29, 1.82) is 0 Å². The van der Waals surface area contributed by atoms with Gasteiger partial charge in [-0.1, -0.05) is 24.3 Å². The Morgan fingerprint density at radius 1 is 1.06 bits per heavy atom. The van der Waals surface area contributed by atoms with Crippen molar-refractivity contribution < 1.29 is 13.9 Å². The van der Waals surface area contributed by atoms with E-state index in [2.05, 4.69) is 26.7 Å². The van der Waals surface area contributed by atoms with Crippen LogP contribution in [-0.2, 0) is 6.42 Å². The number of nitrogens with one attached hydrogen (secondary N) is 3. The van der Waals surface area contributed by atoms with E-state index in [-0.39, 0.29) is 17.7 Å². The van der Waals surface area contributed by atoms with Crippen LogP contribution in [0.5, 0.6) is 5.75 Å². The number of carbonyl (C=O) groups excluding carboxylic acids is 1. The number of aliphatic imine (C=N–C) groups is 1. The van der Waals surface area contributed by atoms with Gasteiger partial charge in [-0.3, -0.25) is 15.1 Å².